The molecule has 128 valence electrons. The topological polar surface area (TPSA) is 37.4 Å². The zero-order chi connectivity index (χ0) is 17.7. The number of benzene rings is 2. The van der Waals surface area contributed by atoms with Crippen molar-refractivity contribution in [2.24, 2.45) is 0 Å². The van der Waals surface area contributed by atoms with Crippen LogP contribution in [0.15, 0.2) is 54.6 Å². The highest BCUT2D eigenvalue weighted by Gasteiger charge is 2.36. The fraction of sp³-hybridized carbons (Fsp3) is 0.350. The van der Waals surface area contributed by atoms with Crippen molar-refractivity contribution in [1.29, 1.82) is 0 Å². The molecule has 0 aliphatic carbocycles. The van der Waals surface area contributed by atoms with Crippen LogP contribution in [0.1, 0.15) is 31.4 Å². The van der Waals surface area contributed by atoms with Crippen LogP contribution in [0.25, 0.3) is 0 Å². The van der Waals surface area contributed by atoms with Gasteiger partial charge < -0.3 is 0 Å². The van der Waals surface area contributed by atoms with Crippen LogP contribution in [0, 0.1) is 6.92 Å². The molecule has 0 radical (unpaired) electrons. The van der Waals surface area contributed by atoms with Gasteiger partial charge in [0.1, 0.15) is 15.7 Å². The largest absolute Gasteiger partial charge is 0.298 e. The SMILES string of the molecule is Cc1cccc(N(C)S(=O)C(C)(C)C(=O)CCc2ccccc2)c1. The summed E-state index contributed by atoms with van der Waals surface area (Å²) in [6, 6.07) is 17.7. The first-order valence-electron chi connectivity index (χ1n) is 8.12. The standard InChI is InChI=1S/C20H25NO2S/c1-16-9-8-12-18(15-16)21(4)24(23)20(2,3)19(22)14-13-17-10-6-5-7-11-17/h5-12,15H,13-14H2,1-4H3. The number of hydrogen-bond donors (Lipinski definition) is 0. The monoisotopic (exact) mass is 343 g/mol. The highest BCUT2D eigenvalue weighted by molar-refractivity contribution is 7.88. The molecule has 2 aromatic rings. The molecule has 2 rings (SSSR count). The molecule has 1 atom stereocenters. The maximum absolute atomic E-state index is 12.9. The lowest BCUT2D eigenvalue weighted by Crippen LogP contribution is -2.44. The van der Waals surface area contributed by atoms with Crippen molar-refractivity contribution in [2.75, 3.05) is 11.4 Å². The van der Waals surface area contributed by atoms with Crippen molar-refractivity contribution in [1.82, 2.24) is 0 Å². The molecule has 24 heavy (non-hydrogen) atoms. The number of aryl methyl sites for hydroxylation is 2. The Kier molecular flexibility index (Phi) is 5.94. The van der Waals surface area contributed by atoms with E-state index in [1.54, 1.807) is 25.2 Å². The lowest BCUT2D eigenvalue weighted by molar-refractivity contribution is -0.120. The van der Waals surface area contributed by atoms with Gasteiger partial charge in [-0.3, -0.25) is 9.10 Å². The molecular formula is C20H25NO2S. The van der Waals surface area contributed by atoms with E-state index in [9.17, 15) is 9.00 Å². The van der Waals surface area contributed by atoms with Gasteiger partial charge in [-0.2, -0.15) is 0 Å². The summed E-state index contributed by atoms with van der Waals surface area (Å²) in [6.07, 6.45) is 1.07. The van der Waals surface area contributed by atoms with Crippen LogP contribution in [-0.4, -0.2) is 21.8 Å². The number of carbonyl (C=O) groups excluding carboxylic acids is 1. The minimum Gasteiger partial charge on any atom is -0.298 e. The summed E-state index contributed by atoms with van der Waals surface area (Å²) in [4.78, 5) is 12.7. The molecule has 0 saturated carbocycles. The van der Waals surface area contributed by atoms with Crippen LogP contribution in [0.4, 0.5) is 5.69 Å². The molecule has 0 aromatic heterocycles. The third kappa shape index (κ3) is 4.32. The third-order valence-corrected chi connectivity index (χ3v) is 6.01. The second kappa shape index (κ2) is 7.75. The Hall–Kier alpha value is -1.94. The van der Waals surface area contributed by atoms with E-state index >= 15 is 0 Å². The average Bonchev–Trinajstić information content (AvgIpc) is 2.59. The fourth-order valence-electron chi connectivity index (χ4n) is 2.56. The number of anilines is 1. The van der Waals surface area contributed by atoms with Crippen LogP contribution >= 0.6 is 0 Å². The minimum atomic E-state index is -1.44. The van der Waals surface area contributed by atoms with E-state index < -0.39 is 15.7 Å². The van der Waals surface area contributed by atoms with Crippen molar-refractivity contribution in [2.45, 2.75) is 38.4 Å². The molecule has 0 aliphatic rings. The molecule has 3 nitrogen and oxygen atoms in total. The van der Waals surface area contributed by atoms with Crippen LogP contribution in [0.3, 0.4) is 0 Å². The van der Waals surface area contributed by atoms with Crippen molar-refractivity contribution >= 4 is 22.5 Å². The zero-order valence-corrected chi connectivity index (χ0v) is 15.6. The van der Waals surface area contributed by atoms with Gasteiger partial charge in [0, 0.05) is 19.2 Å². The molecule has 0 bridgehead atoms. The molecule has 0 heterocycles. The fourth-order valence-corrected chi connectivity index (χ4v) is 3.85. The van der Waals surface area contributed by atoms with Crippen molar-refractivity contribution < 1.29 is 9.00 Å². The number of rotatable bonds is 7. The highest BCUT2D eigenvalue weighted by Crippen LogP contribution is 2.25. The Morgan fingerprint density at radius 2 is 1.75 bits per heavy atom. The van der Waals surface area contributed by atoms with E-state index in [1.807, 2.05) is 61.5 Å². The van der Waals surface area contributed by atoms with Gasteiger partial charge in [0.05, 0.1) is 0 Å². The van der Waals surface area contributed by atoms with Gasteiger partial charge >= 0.3 is 0 Å². The molecule has 4 heteroatoms. The highest BCUT2D eigenvalue weighted by atomic mass is 32.2. The van der Waals surface area contributed by atoms with Crippen molar-refractivity contribution in [3.63, 3.8) is 0 Å². The summed E-state index contributed by atoms with van der Waals surface area (Å²) in [7, 11) is 0.336. The lowest BCUT2D eigenvalue weighted by atomic mass is 10.0. The Bertz CT molecular complexity index is 725. The maximum Gasteiger partial charge on any atom is 0.153 e. The van der Waals surface area contributed by atoms with Crippen molar-refractivity contribution in [3.8, 4) is 0 Å². The number of nitrogens with zero attached hydrogens (tertiary/aromatic N) is 1. The Morgan fingerprint density at radius 1 is 1.08 bits per heavy atom. The molecule has 2 aromatic carbocycles. The summed E-state index contributed by atoms with van der Waals surface area (Å²) < 4.78 is 13.7. The number of Topliss-reactive ketones (excluding diaryl/α,β-unsaturated/α-hetero) is 1. The number of ketones is 1. The quantitative estimate of drug-likeness (QED) is 0.760. The van der Waals surface area contributed by atoms with Crippen LogP contribution in [-0.2, 0) is 22.2 Å². The Labute approximate surface area is 147 Å². The predicted molar refractivity (Wildman–Crippen MR) is 102 cm³/mol. The smallest absolute Gasteiger partial charge is 0.153 e. The lowest BCUT2D eigenvalue weighted by Gasteiger charge is -2.29. The zero-order valence-electron chi connectivity index (χ0n) is 14.8. The van der Waals surface area contributed by atoms with Gasteiger partial charge in [0.2, 0.25) is 0 Å². The predicted octanol–water partition coefficient (Wildman–Crippen LogP) is 4.08. The summed E-state index contributed by atoms with van der Waals surface area (Å²) in [5.74, 6) is 0.0178. The first kappa shape index (κ1) is 18.4. The second-order valence-electron chi connectivity index (χ2n) is 6.50. The number of carbonyl (C=O) groups is 1. The van der Waals surface area contributed by atoms with E-state index in [0.717, 1.165) is 16.8 Å². The molecule has 0 aliphatic heterocycles. The summed E-state index contributed by atoms with van der Waals surface area (Å²) in [5.41, 5.74) is 3.08. The van der Waals surface area contributed by atoms with Gasteiger partial charge in [-0.1, -0.05) is 42.5 Å². The van der Waals surface area contributed by atoms with Crippen LogP contribution in [0.2, 0.25) is 0 Å². The van der Waals surface area contributed by atoms with Gasteiger partial charge in [-0.15, -0.1) is 0 Å². The molecule has 1 unspecified atom stereocenters. The first-order valence-corrected chi connectivity index (χ1v) is 9.22. The van der Waals surface area contributed by atoms with Crippen LogP contribution < -0.4 is 4.31 Å². The van der Waals surface area contributed by atoms with Gasteiger partial charge in [-0.25, -0.2) is 4.21 Å². The average molecular weight is 343 g/mol. The third-order valence-electron chi connectivity index (χ3n) is 4.21. The van der Waals surface area contributed by atoms with Gasteiger partial charge in [-0.05, 0) is 50.5 Å². The molecule has 0 spiro atoms. The van der Waals surface area contributed by atoms with Gasteiger partial charge in [0.25, 0.3) is 0 Å². The Balaban J connectivity index is 2.07. The maximum atomic E-state index is 12.9. The van der Waals surface area contributed by atoms with Crippen LogP contribution in [0.5, 0.6) is 0 Å². The first-order chi connectivity index (χ1) is 11.3. The summed E-state index contributed by atoms with van der Waals surface area (Å²) >= 11 is 0. The number of hydrogen-bond acceptors (Lipinski definition) is 2. The molecule has 0 fully saturated rings. The summed E-state index contributed by atoms with van der Waals surface area (Å²) in [6.45, 7) is 5.53. The minimum absolute atomic E-state index is 0.0178. The van der Waals surface area contributed by atoms with E-state index in [0.29, 0.717) is 12.8 Å². The molecule has 0 N–H and O–H groups in total. The van der Waals surface area contributed by atoms with Gasteiger partial charge in [0.15, 0.2) is 5.78 Å². The molecule has 0 saturated heterocycles. The molecular weight excluding hydrogens is 318 g/mol. The van der Waals surface area contributed by atoms with Crippen molar-refractivity contribution in [3.05, 3.63) is 65.7 Å². The second-order valence-corrected chi connectivity index (χ2v) is 8.57. The van der Waals surface area contributed by atoms with E-state index in [-0.39, 0.29) is 5.78 Å². The van der Waals surface area contributed by atoms with E-state index in [1.165, 1.54) is 0 Å². The summed E-state index contributed by atoms with van der Waals surface area (Å²) in [5, 5.41) is 0. The Morgan fingerprint density at radius 3 is 2.38 bits per heavy atom. The van der Waals surface area contributed by atoms with E-state index in [4.69, 9.17) is 0 Å². The molecule has 0 amide bonds. The normalized spacial score (nSPS) is 12.7. The van der Waals surface area contributed by atoms with E-state index in [2.05, 4.69) is 0 Å².